The molecule has 0 N–H and O–H groups in total. The van der Waals surface area contributed by atoms with Crippen molar-refractivity contribution in [1.29, 1.82) is 0 Å². The molecule has 0 bridgehead atoms. The molecule has 1 aliphatic rings. The van der Waals surface area contributed by atoms with Gasteiger partial charge in [0.1, 0.15) is 24.6 Å². The van der Waals surface area contributed by atoms with E-state index in [1.54, 1.807) is 12.5 Å². The number of aromatic nitrogens is 10. The Hall–Kier alpha value is -4.09. The van der Waals surface area contributed by atoms with E-state index in [1.165, 1.54) is 6.33 Å². The lowest BCUT2D eigenvalue weighted by atomic mass is 10.2. The van der Waals surface area contributed by atoms with Crippen molar-refractivity contribution >= 4 is 22.6 Å². The van der Waals surface area contributed by atoms with Crippen molar-refractivity contribution in [3.63, 3.8) is 0 Å². The Morgan fingerprint density at radius 1 is 1.18 bits per heavy atom. The highest BCUT2D eigenvalue weighted by atomic mass is 16.5. The first-order valence-corrected chi connectivity index (χ1v) is 10.9. The van der Waals surface area contributed by atoms with Gasteiger partial charge in [0.25, 0.3) is 0 Å². The van der Waals surface area contributed by atoms with Crippen LogP contribution in [0.1, 0.15) is 19.0 Å². The summed E-state index contributed by atoms with van der Waals surface area (Å²) < 4.78 is 12.1. The van der Waals surface area contributed by atoms with Gasteiger partial charge in [-0.1, -0.05) is 0 Å². The second kappa shape index (κ2) is 7.50. The van der Waals surface area contributed by atoms with Crippen LogP contribution >= 0.6 is 0 Å². The third-order valence-corrected chi connectivity index (χ3v) is 6.19. The number of hydrogen-bond donors (Lipinski definition) is 0. The molecule has 6 rings (SSSR count). The fraction of sp³-hybridized carbons (Fsp3) is 0.381. The lowest BCUT2D eigenvalue weighted by Gasteiger charge is -2.17. The van der Waals surface area contributed by atoms with E-state index in [-0.39, 0.29) is 6.10 Å². The average Bonchev–Trinajstić information content (AvgIpc) is 3.61. The van der Waals surface area contributed by atoms with Crippen molar-refractivity contribution < 1.29 is 4.74 Å². The molecule has 0 spiro atoms. The normalized spacial score (nSPS) is 16.3. The summed E-state index contributed by atoms with van der Waals surface area (Å²) in [7, 11) is 1.95. The Morgan fingerprint density at radius 2 is 2.09 bits per heavy atom. The van der Waals surface area contributed by atoms with Gasteiger partial charge in [0.15, 0.2) is 17.0 Å². The third kappa shape index (κ3) is 3.09. The molecule has 0 aliphatic carbocycles. The second-order valence-corrected chi connectivity index (χ2v) is 8.09. The van der Waals surface area contributed by atoms with E-state index in [9.17, 15) is 0 Å². The van der Waals surface area contributed by atoms with Gasteiger partial charge in [-0.25, -0.2) is 15.0 Å². The fourth-order valence-corrected chi connectivity index (χ4v) is 4.43. The molecule has 0 unspecified atom stereocenters. The Morgan fingerprint density at radius 3 is 2.94 bits per heavy atom. The van der Waals surface area contributed by atoms with E-state index in [4.69, 9.17) is 9.72 Å². The minimum atomic E-state index is -0.0527. The van der Waals surface area contributed by atoms with Crippen LogP contribution in [0.3, 0.4) is 0 Å². The molecule has 0 aromatic carbocycles. The largest absolute Gasteiger partial charge is 0.471 e. The average molecular weight is 445 g/mol. The van der Waals surface area contributed by atoms with Crippen LogP contribution in [-0.2, 0) is 13.6 Å². The Kier molecular flexibility index (Phi) is 4.45. The van der Waals surface area contributed by atoms with E-state index in [1.807, 2.05) is 40.0 Å². The highest BCUT2D eigenvalue weighted by Gasteiger charge is 2.29. The van der Waals surface area contributed by atoms with Gasteiger partial charge < -0.3 is 14.2 Å². The molecule has 6 heterocycles. The van der Waals surface area contributed by atoms with Crippen molar-refractivity contribution in [2.45, 2.75) is 32.9 Å². The minimum Gasteiger partial charge on any atom is -0.471 e. The maximum Gasteiger partial charge on any atom is 0.245 e. The smallest absolute Gasteiger partial charge is 0.245 e. The number of anilines is 1. The first-order valence-electron chi connectivity index (χ1n) is 10.9. The molecular formula is C21H23N11O. The van der Waals surface area contributed by atoms with Crippen molar-refractivity contribution in [3.8, 4) is 17.3 Å². The summed E-state index contributed by atoms with van der Waals surface area (Å²) in [6, 6.07) is 0. The zero-order valence-corrected chi connectivity index (χ0v) is 18.6. The molecule has 12 heteroatoms. The van der Waals surface area contributed by atoms with E-state index in [2.05, 4.69) is 42.1 Å². The van der Waals surface area contributed by atoms with Crippen LogP contribution in [0.5, 0.6) is 5.88 Å². The highest BCUT2D eigenvalue weighted by Crippen LogP contribution is 2.30. The quantitative estimate of drug-likeness (QED) is 0.398. The monoisotopic (exact) mass is 445 g/mol. The van der Waals surface area contributed by atoms with Gasteiger partial charge in [0.05, 0.1) is 18.3 Å². The van der Waals surface area contributed by atoms with Gasteiger partial charge >= 0.3 is 0 Å². The predicted octanol–water partition coefficient (Wildman–Crippen LogP) is 1.65. The molecule has 0 amide bonds. The molecular weight excluding hydrogens is 422 g/mol. The fourth-order valence-electron chi connectivity index (χ4n) is 4.43. The van der Waals surface area contributed by atoms with Crippen LogP contribution in [0.4, 0.5) is 5.82 Å². The van der Waals surface area contributed by atoms with Gasteiger partial charge in [-0.15, -0.1) is 10.2 Å². The van der Waals surface area contributed by atoms with Crippen molar-refractivity contribution in [2.24, 2.45) is 7.05 Å². The van der Waals surface area contributed by atoms with Gasteiger partial charge in [-0.3, -0.25) is 9.08 Å². The van der Waals surface area contributed by atoms with Crippen LogP contribution in [-0.4, -0.2) is 68.1 Å². The summed E-state index contributed by atoms with van der Waals surface area (Å²) in [5.41, 5.74) is 4.15. The molecule has 1 saturated heterocycles. The Balaban J connectivity index is 1.29. The zero-order valence-electron chi connectivity index (χ0n) is 18.6. The molecule has 5 aromatic rings. The summed E-state index contributed by atoms with van der Waals surface area (Å²) in [4.78, 5) is 20.4. The van der Waals surface area contributed by atoms with Gasteiger partial charge in [-0.2, -0.15) is 10.1 Å². The van der Waals surface area contributed by atoms with Crippen molar-refractivity contribution in [2.75, 3.05) is 18.0 Å². The number of imidazole rings is 1. The lowest BCUT2D eigenvalue weighted by Crippen LogP contribution is -2.26. The van der Waals surface area contributed by atoms with Gasteiger partial charge in [-0.05, 0) is 13.8 Å². The number of nitrogens with zero attached hydrogens (tertiary/aromatic N) is 11. The molecule has 33 heavy (non-hydrogen) atoms. The Bertz CT molecular complexity index is 1470. The molecule has 12 nitrogen and oxygen atoms in total. The summed E-state index contributed by atoms with van der Waals surface area (Å²) in [5.74, 6) is 2.09. The highest BCUT2D eigenvalue weighted by molar-refractivity contribution is 5.81. The topological polar surface area (TPSA) is 117 Å². The third-order valence-electron chi connectivity index (χ3n) is 6.19. The maximum atomic E-state index is 6.33. The first kappa shape index (κ1) is 19.6. The van der Waals surface area contributed by atoms with Crippen LogP contribution in [0, 0.1) is 6.92 Å². The van der Waals surface area contributed by atoms with E-state index < -0.39 is 0 Å². The van der Waals surface area contributed by atoms with E-state index in [0.717, 1.165) is 53.7 Å². The number of hydrogen-bond acceptors (Lipinski definition) is 9. The number of fused-ring (bicyclic) bond motifs is 2. The van der Waals surface area contributed by atoms with Crippen LogP contribution in [0.15, 0.2) is 31.2 Å². The van der Waals surface area contributed by atoms with Crippen LogP contribution < -0.4 is 9.64 Å². The van der Waals surface area contributed by atoms with Crippen LogP contribution in [0.2, 0.25) is 0 Å². The second-order valence-electron chi connectivity index (χ2n) is 8.09. The zero-order chi connectivity index (χ0) is 22.5. The molecule has 0 saturated carbocycles. The standard InChI is InChI=1S/C21H23N11O/c1-4-32-13(2)15(9-26-32)17-27-16-18(29(17)3)23-11-24-21(16)33-14-5-7-30(10-14)19-20-28-25-12-31(20)8-6-22-19/h6,8-9,11-12,14H,4-5,7,10H2,1-3H3/t14-/m0/s1. The van der Waals surface area contributed by atoms with Gasteiger partial charge in [0, 0.05) is 44.6 Å². The molecule has 168 valence electrons. The summed E-state index contributed by atoms with van der Waals surface area (Å²) >= 11 is 0. The molecule has 1 atom stereocenters. The van der Waals surface area contributed by atoms with E-state index in [0.29, 0.717) is 17.9 Å². The van der Waals surface area contributed by atoms with Gasteiger partial charge in [0.2, 0.25) is 11.5 Å². The lowest BCUT2D eigenvalue weighted by molar-refractivity contribution is 0.218. The Labute approximate surface area is 188 Å². The molecule has 1 aliphatic heterocycles. The van der Waals surface area contributed by atoms with Crippen molar-refractivity contribution in [3.05, 3.63) is 36.9 Å². The van der Waals surface area contributed by atoms with E-state index >= 15 is 0 Å². The molecule has 0 radical (unpaired) electrons. The molecule has 5 aromatic heterocycles. The molecule has 1 fully saturated rings. The van der Waals surface area contributed by atoms with Crippen LogP contribution in [0.25, 0.3) is 28.2 Å². The summed E-state index contributed by atoms with van der Waals surface area (Å²) in [6.45, 7) is 6.40. The number of ether oxygens (including phenoxy) is 1. The van der Waals surface area contributed by atoms with Crippen molar-refractivity contribution in [1.82, 2.24) is 48.9 Å². The summed E-state index contributed by atoms with van der Waals surface area (Å²) in [5, 5.41) is 12.6. The predicted molar refractivity (Wildman–Crippen MR) is 120 cm³/mol. The summed E-state index contributed by atoms with van der Waals surface area (Å²) in [6.07, 6.45) is 9.43. The first-order chi connectivity index (χ1) is 16.1. The number of aryl methyl sites for hydroxylation is 2. The SMILES string of the molecule is CCn1ncc(-c2nc3c(O[C@H]4CCN(c5nccn6cnnc56)C4)ncnc3n2C)c1C. The minimum absolute atomic E-state index is 0.0527. The number of rotatable bonds is 5. The maximum absolute atomic E-state index is 6.33.